The summed E-state index contributed by atoms with van der Waals surface area (Å²) in [5, 5.41) is 29.0. The van der Waals surface area contributed by atoms with E-state index >= 15 is 0 Å². The Morgan fingerprint density at radius 2 is 1.81 bits per heavy atom. The zero-order valence-electron chi connectivity index (χ0n) is 13.3. The lowest BCUT2D eigenvalue weighted by Crippen LogP contribution is -2.13. The Morgan fingerprint density at radius 3 is 2.42 bits per heavy atom. The summed E-state index contributed by atoms with van der Waals surface area (Å²) in [5.41, 5.74) is -0.536. The van der Waals surface area contributed by atoms with Crippen molar-refractivity contribution in [1.29, 1.82) is 5.26 Å². The minimum atomic E-state index is -3.81. The number of fused-ring (bicyclic) bond motifs is 1. The van der Waals surface area contributed by atoms with Crippen molar-refractivity contribution in [3.63, 3.8) is 0 Å². The zero-order chi connectivity index (χ0) is 19.2. The number of hydrogen-bond donors (Lipinski definition) is 2. The Kier molecular flexibility index (Phi) is 4.44. The van der Waals surface area contributed by atoms with Crippen molar-refractivity contribution >= 4 is 9.84 Å². The molecule has 0 radical (unpaired) electrons. The second kappa shape index (κ2) is 6.32. The van der Waals surface area contributed by atoms with Gasteiger partial charge in [0, 0.05) is 23.4 Å². The van der Waals surface area contributed by atoms with Crippen LogP contribution >= 0.6 is 0 Å². The van der Waals surface area contributed by atoms with Crippen LogP contribution < -0.4 is 4.74 Å². The highest BCUT2D eigenvalue weighted by atomic mass is 32.2. The largest absolute Gasteiger partial charge is 0.457 e. The molecule has 2 aromatic carbocycles. The molecule has 0 saturated carbocycles. The van der Waals surface area contributed by atoms with E-state index in [-0.39, 0.29) is 33.1 Å². The van der Waals surface area contributed by atoms with Crippen LogP contribution in [0.1, 0.15) is 28.9 Å². The van der Waals surface area contributed by atoms with Gasteiger partial charge in [-0.3, -0.25) is 0 Å². The lowest BCUT2D eigenvalue weighted by Gasteiger charge is -2.15. The lowest BCUT2D eigenvalue weighted by atomic mass is 10.1. The fourth-order valence-electron chi connectivity index (χ4n) is 2.92. The van der Waals surface area contributed by atoms with Gasteiger partial charge in [-0.05, 0) is 24.3 Å². The number of aliphatic hydroxyl groups is 2. The SMILES string of the molecule is CS(=O)(=O)c1ccc(Oc2cc(F)cc(C#N)c2)c2c1[C@H](O)[C@H](F)[C@@H]2O. The van der Waals surface area contributed by atoms with Crippen molar-refractivity contribution < 1.29 is 32.1 Å². The van der Waals surface area contributed by atoms with Gasteiger partial charge in [-0.1, -0.05) is 0 Å². The molecule has 0 heterocycles. The van der Waals surface area contributed by atoms with Gasteiger partial charge in [0.05, 0.1) is 16.5 Å². The van der Waals surface area contributed by atoms with Gasteiger partial charge in [-0.2, -0.15) is 5.26 Å². The number of sulfone groups is 1. The van der Waals surface area contributed by atoms with Crippen LogP contribution in [-0.2, 0) is 9.84 Å². The third-order valence-corrected chi connectivity index (χ3v) is 5.18. The van der Waals surface area contributed by atoms with Crippen LogP contribution in [0, 0.1) is 17.1 Å². The van der Waals surface area contributed by atoms with E-state index in [0.717, 1.165) is 24.5 Å². The van der Waals surface area contributed by atoms with E-state index in [1.165, 1.54) is 12.1 Å². The molecule has 0 bridgehead atoms. The summed E-state index contributed by atoms with van der Waals surface area (Å²) in [6.07, 6.45) is -4.92. The van der Waals surface area contributed by atoms with Gasteiger partial charge in [0.1, 0.15) is 29.5 Å². The molecule has 2 aromatic rings. The zero-order valence-corrected chi connectivity index (χ0v) is 14.2. The van der Waals surface area contributed by atoms with Crippen molar-refractivity contribution in [3.8, 4) is 17.6 Å². The Balaban J connectivity index is 2.17. The first-order chi connectivity index (χ1) is 12.1. The topological polar surface area (TPSA) is 108 Å². The number of benzene rings is 2. The van der Waals surface area contributed by atoms with E-state index in [1.54, 1.807) is 6.07 Å². The summed E-state index contributed by atoms with van der Waals surface area (Å²) in [6, 6.07) is 7.23. The second-order valence-corrected chi connectivity index (χ2v) is 7.87. The second-order valence-electron chi connectivity index (χ2n) is 5.88. The third kappa shape index (κ3) is 3.03. The first-order valence-electron chi connectivity index (χ1n) is 7.39. The van der Waals surface area contributed by atoms with Crippen LogP contribution in [0.3, 0.4) is 0 Å². The van der Waals surface area contributed by atoms with E-state index in [4.69, 9.17) is 10.00 Å². The van der Waals surface area contributed by atoms with Gasteiger partial charge in [0.15, 0.2) is 16.0 Å². The maximum atomic E-state index is 14.1. The first kappa shape index (κ1) is 18.3. The van der Waals surface area contributed by atoms with Gasteiger partial charge in [0.25, 0.3) is 0 Å². The Hall–Kier alpha value is -2.54. The van der Waals surface area contributed by atoms with Crippen molar-refractivity contribution in [3.05, 3.63) is 52.8 Å². The van der Waals surface area contributed by atoms with Gasteiger partial charge < -0.3 is 14.9 Å². The summed E-state index contributed by atoms with van der Waals surface area (Å²) < 4.78 is 56.9. The average molecular weight is 381 g/mol. The number of hydrogen-bond acceptors (Lipinski definition) is 6. The molecular weight excluding hydrogens is 368 g/mol. The van der Waals surface area contributed by atoms with E-state index in [2.05, 4.69) is 0 Å². The standard InChI is InChI=1S/C17H13F2NO5S/c1-26(23,24)12-3-2-11(13-14(12)17(22)15(19)16(13)21)25-10-5-8(7-20)4-9(18)6-10/h2-6,15-17,21-22H,1H3/t15-,16-,17+/m1/s1. The number of alkyl halides is 1. The Morgan fingerprint density at radius 1 is 1.15 bits per heavy atom. The summed E-state index contributed by atoms with van der Waals surface area (Å²) in [6.45, 7) is 0. The molecule has 0 unspecified atom stereocenters. The van der Waals surface area contributed by atoms with Crippen molar-refractivity contribution in [2.24, 2.45) is 0 Å². The van der Waals surface area contributed by atoms with E-state index in [0.29, 0.717) is 0 Å². The maximum Gasteiger partial charge on any atom is 0.175 e. The molecule has 0 aliphatic heterocycles. The molecule has 136 valence electrons. The Labute approximate surface area is 147 Å². The highest BCUT2D eigenvalue weighted by molar-refractivity contribution is 7.90. The molecule has 1 aliphatic carbocycles. The van der Waals surface area contributed by atoms with Crippen LogP contribution in [0.5, 0.6) is 11.5 Å². The maximum absolute atomic E-state index is 14.1. The van der Waals surface area contributed by atoms with E-state index in [9.17, 15) is 27.4 Å². The first-order valence-corrected chi connectivity index (χ1v) is 9.28. The lowest BCUT2D eigenvalue weighted by molar-refractivity contribution is 0.00836. The van der Waals surface area contributed by atoms with Crippen LogP contribution in [0.4, 0.5) is 8.78 Å². The van der Waals surface area contributed by atoms with E-state index in [1.807, 2.05) is 0 Å². The number of nitriles is 1. The van der Waals surface area contributed by atoms with Gasteiger partial charge in [0.2, 0.25) is 0 Å². The molecule has 1 aliphatic rings. The van der Waals surface area contributed by atoms with Gasteiger partial charge in [-0.15, -0.1) is 0 Å². The van der Waals surface area contributed by atoms with E-state index < -0.39 is 34.0 Å². The predicted octanol–water partition coefficient (Wildman–Crippen LogP) is 2.31. The monoisotopic (exact) mass is 381 g/mol. The van der Waals surface area contributed by atoms with Crippen LogP contribution in [0.2, 0.25) is 0 Å². The summed E-state index contributed by atoms with van der Waals surface area (Å²) in [5.74, 6) is -0.985. The molecule has 0 aromatic heterocycles. The normalized spacial score (nSPS) is 21.9. The minimum absolute atomic E-state index is 0.0200. The average Bonchev–Trinajstić information content (AvgIpc) is 2.79. The number of nitrogens with zero attached hydrogens (tertiary/aromatic N) is 1. The van der Waals surface area contributed by atoms with Crippen molar-refractivity contribution in [1.82, 2.24) is 0 Å². The molecular formula is C17H13F2NO5S. The molecule has 0 fully saturated rings. The number of aliphatic hydroxyl groups excluding tert-OH is 2. The highest BCUT2D eigenvalue weighted by Gasteiger charge is 2.44. The molecule has 2 N–H and O–H groups in total. The third-order valence-electron chi connectivity index (χ3n) is 4.03. The molecule has 0 amide bonds. The van der Waals surface area contributed by atoms with Crippen molar-refractivity contribution in [2.45, 2.75) is 23.3 Å². The molecule has 3 rings (SSSR count). The van der Waals surface area contributed by atoms with Gasteiger partial charge >= 0.3 is 0 Å². The highest BCUT2D eigenvalue weighted by Crippen LogP contribution is 2.49. The molecule has 3 atom stereocenters. The number of ether oxygens (including phenoxy) is 1. The fraction of sp³-hybridized carbons (Fsp3) is 0.235. The smallest absolute Gasteiger partial charge is 0.175 e. The summed E-state index contributed by atoms with van der Waals surface area (Å²) in [7, 11) is -3.81. The number of halogens is 2. The van der Waals surface area contributed by atoms with Gasteiger partial charge in [-0.25, -0.2) is 17.2 Å². The van der Waals surface area contributed by atoms with Crippen molar-refractivity contribution in [2.75, 3.05) is 6.26 Å². The molecule has 9 heteroatoms. The molecule has 0 spiro atoms. The van der Waals surface area contributed by atoms with Crippen LogP contribution in [0.15, 0.2) is 35.2 Å². The fourth-order valence-corrected chi connectivity index (χ4v) is 3.87. The summed E-state index contributed by atoms with van der Waals surface area (Å²) >= 11 is 0. The quantitative estimate of drug-likeness (QED) is 0.845. The minimum Gasteiger partial charge on any atom is -0.457 e. The molecule has 26 heavy (non-hydrogen) atoms. The number of rotatable bonds is 3. The van der Waals surface area contributed by atoms with Crippen LogP contribution in [-0.4, -0.2) is 31.1 Å². The van der Waals surface area contributed by atoms with Crippen LogP contribution in [0.25, 0.3) is 0 Å². The molecule has 6 nitrogen and oxygen atoms in total. The Bertz CT molecular complexity index is 1030. The molecule has 0 saturated heterocycles. The summed E-state index contributed by atoms with van der Waals surface area (Å²) in [4.78, 5) is -0.330. The predicted molar refractivity (Wildman–Crippen MR) is 85.6 cm³/mol.